The maximum absolute atomic E-state index is 10.7. The third-order valence-corrected chi connectivity index (χ3v) is 3.42. The van der Waals surface area contributed by atoms with Gasteiger partial charge in [0, 0.05) is 10.4 Å². The Morgan fingerprint density at radius 1 is 1.53 bits per heavy atom. The Hall–Kier alpha value is -0.870. The van der Waals surface area contributed by atoms with Crippen molar-refractivity contribution in [2.24, 2.45) is 5.73 Å². The van der Waals surface area contributed by atoms with Gasteiger partial charge in [0.1, 0.15) is 6.04 Å². The number of hydrogen-bond acceptors (Lipinski definition) is 2. The van der Waals surface area contributed by atoms with Crippen molar-refractivity contribution < 1.29 is 9.90 Å². The first-order valence-corrected chi connectivity index (χ1v) is 5.47. The molecule has 3 nitrogen and oxygen atoms in total. The van der Waals surface area contributed by atoms with Gasteiger partial charge in [-0.1, -0.05) is 35.0 Å². The molecule has 3 N–H and O–H groups in total. The zero-order valence-electron chi connectivity index (χ0n) is 8.70. The van der Waals surface area contributed by atoms with Gasteiger partial charge in [-0.3, -0.25) is 4.79 Å². The van der Waals surface area contributed by atoms with Crippen LogP contribution in [0.5, 0.6) is 0 Å². The first kappa shape index (κ1) is 12.2. The number of nitrogens with two attached hydrogens (primary N) is 1. The summed E-state index contributed by atoms with van der Waals surface area (Å²) in [6.07, 6.45) is 0. The van der Waals surface area contributed by atoms with Gasteiger partial charge in [-0.15, -0.1) is 0 Å². The lowest BCUT2D eigenvalue weighted by molar-refractivity contribution is -0.139. The number of carboxylic acid groups (broad SMARTS) is 1. The summed E-state index contributed by atoms with van der Waals surface area (Å²) in [7, 11) is 0. The monoisotopic (exact) mass is 271 g/mol. The number of aliphatic carboxylic acids is 1. The fraction of sp³-hybridized carbons (Fsp3) is 0.364. The van der Waals surface area contributed by atoms with Crippen LogP contribution in [0.4, 0.5) is 0 Å². The molecule has 2 atom stereocenters. The summed E-state index contributed by atoms with van der Waals surface area (Å²) in [4.78, 5) is 10.7. The summed E-state index contributed by atoms with van der Waals surface area (Å²) in [5, 5.41) is 8.80. The quantitative estimate of drug-likeness (QED) is 0.887. The summed E-state index contributed by atoms with van der Waals surface area (Å²) >= 11 is 3.40. The number of carbonyl (C=O) groups is 1. The van der Waals surface area contributed by atoms with Crippen LogP contribution >= 0.6 is 15.9 Å². The van der Waals surface area contributed by atoms with Crippen LogP contribution < -0.4 is 5.73 Å². The molecule has 2 unspecified atom stereocenters. The number of aryl methyl sites for hydroxylation is 1. The highest BCUT2D eigenvalue weighted by Gasteiger charge is 2.21. The normalized spacial score (nSPS) is 14.7. The number of halogens is 1. The van der Waals surface area contributed by atoms with Gasteiger partial charge in [0.05, 0.1) is 0 Å². The molecule has 0 saturated carbocycles. The van der Waals surface area contributed by atoms with Gasteiger partial charge >= 0.3 is 5.97 Å². The molecule has 0 heterocycles. The van der Waals surface area contributed by atoms with E-state index in [-0.39, 0.29) is 5.92 Å². The van der Waals surface area contributed by atoms with Crippen molar-refractivity contribution in [3.8, 4) is 0 Å². The van der Waals surface area contributed by atoms with E-state index >= 15 is 0 Å². The highest BCUT2D eigenvalue weighted by Crippen LogP contribution is 2.23. The van der Waals surface area contributed by atoms with E-state index in [9.17, 15) is 4.79 Å². The Labute approximate surface area is 97.4 Å². The van der Waals surface area contributed by atoms with Crippen molar-refractivity contribution in [3.05, 3.63) is 33.8 Å². The van der Waals surface area contributed by atoms with Crippen molar-refractivity contribution in [1.82, 2.24) is 0 Å². The Morgan fingerprint density at radius 2 is 2.13 bits per heavy atom. The van der Waals surface area contributed by atoms with Crippen LogP contribution in [0.15, 0.2) is 22.7 Å². The molecule has 82 valence electrons. The van der Waals surface area contributed by atoms with Gasteiger partial charge in [0.15, 0.2) is 0 Å². The summed E-state index contributed by atoms with van der Waals surface area (Å²) in [5.41, 5.74) is 7.60. The highest BCUT2D eigenvalue weighted by atomic mass is 79.9. The molecule has 1 aromatic carbocycles. The van der Waals surface area contributed by atoms with Crippen LogP contribution in [0.2, 0.25) is 0 Å². The van der Waals surface area contributed by atoms with Crippen molar-refractivity contribution >= 4 is 21.9 Å². The first-order chi connectivity index (χ1) is 6.93. The lowest BCUT2D eigenvalue weighted by Gasteiger charge is -2.17. The second-order valence-corrected chi connectivity index (χ2v) is 4.52. The van der Waals surface area contributed by atoms with Crippen molar-refractivity contribution in [1.29, 1.82) is 0 Å². The maximum atomic E-state index is 10.7. The smallest absolute Gasteiger partial charge is 0.321 e. The standard InChI is InChI=1S/C11H14BrNO2/c1-6-5-8(3-4-9(6)12)7(2)10(13)11(14)15/h3-5,7,10H,13H2,1-2H3,(H,14,15). The van der Waals surface area contributed by atoms with Crippen LogP contribution in [0.25, 0.3) is 0 Å². The molecular formula is C11H14BrNO2. The first-order valence-electron chi connectivity index (χ1n) is 4.68. The Balaban J connectivity index is 2.96. The molecule has 0 aliphatic rings. The van der Waals surface area contributed by atoms with Crippen LogP contribution in [0, 0.1) is 6.92 Å². The molecule has 0 aliphatic heterocycles. The van der Waals surface area contributed by atoms with Crippen molar-refractivity contribution in [3.63, 3.8) is 0 Å². The van der Waals surface area contributed by atoms with E-state index in [0.29, 0.717) is 0 Å². The number of hydrogen-bond donors (Lipinski definition) is 2. The second-order valence-electron chi connectivity index (χ2n) is 3.66. The van der Waals surface area contributed by atoms with Gasteiger partial charge in [0.2, 0.25) is 0 Å². The predicted octanol–water partition coefficient (Wildman–Crippen LogP) is 2.27. The minimum atomic E-state index is -0.969. The third kappa shape index (κ3) is 2.79. The van der Waals surface area contributed by atoms with E-state index in [1.165, 1.54) is 0 Å². The summed E-state index contributed by atoms with van der Waals surface area (Å²) in [5.74, 6) is -1.16. The zero-order chi connectivity index (χ0) is 11.6. The molecule has 0 saturated heterocycles. The zero-order valence-corrected chi connectivity index (χ0v) is 10.3. The van der Waals surface area contributed by atoms with E-state index in [1.54, 1.807) is 0 Å². The SMILES string of the molecule is Cc1cc(C(C)C(N)C(=O)O)ccc1Br. The van der Waals surface area contributed by atoms with Crippen LogP contribution in [0.1, 0.15) is 24.0 Å². The third-order valence-electron chi connectivity index (χ3n) is 2.53. The number of benzene rings is 1. The minimum Gasteiger partial charge on any atom is -0.480 e. The van der Waals surface area contributed by atoms with E-state index in [0.717, 1.165) is 15.6 Å². The molecule has 4 heteroatoms. The molecule has 0 spiro atoms. The molecule has 0 amide bonds. The summed E-state index contributed by atoms with van der Waals surface area (Å²) in [6.45, 7) is 3.79. The molecule has 15 heavy (non-hydrogen) atoms. The fourth-order valence-corrected chi connectivity index (χ4v) is 1.62. The number of carboxylic acids is 1. The van der Waals surface area contributed by atoms with Crippen LogP contribution in [-0.4, -0.2) is 17.1 Å². The molecule has 0 bridgehead atoms. The second kappa shape index (κ2) is 4.77. The Bertz CT molecular complexity index is 379. The molecular weight excluding hydrogens is 258 g/mol. The molecule has 1 aromatic rings. The summed E-state index contributed by atoms with van der Waals surface area (Å²) in [6, 6.07) is 4.91. The van der Waals surface area contributed by atoms with E-state index in [2.05, 4.69) is 15.9 Å². The summed E-state index contributed by atoms with van der Waals surface area (Å²) < 4.78 is 1.02. The average molecular weight is 272 g/mol. The molecule has 1 rings (SSSR count). The molecule has 0 aromatic heterocycles. The largest absolute Gasteiger partial charge is 0.480 e. The van der Waals surface area contributed by atoms with Gasteiger partial charge < -0.3 is 10.8 Å². The molecule has 0 radical (unpaired) electrons. The van der Waals surface area contributed by atoms with Crippen molar-refractivity contribution in [2.75, 3.05) is 0 Å². The Morgan fingerprint density at radius 3 is 2.60 bits per heavy atom. The molecule has 0 fully saturated rings. The van der Waals surface area contributed by atoms with E-state index < -0.39 is 12.0 Å². The van der Waals surface area contributed by atoms with Crippen LogP contribution in [-0.2, 0) is 4.79 Å². The topological polar surface area (TPSA) is 63.3 Å². The Kier molecular flexibility index (Phi) is 3.88. The van der Waals surface area contributed by atoms with Gasteiger partial charge in [-0.05, 0) is 24.1 Å². The predicted molar refractivity (Wildman–Crippen MR) is 62.9 cm³/mol. The van der Waals surface area contributed by atoms with Crippen LogP contribution in [0.3, 0.4) is 0 Å². The van der Waals surface area contributed by atoms with Gasteiger partial charge in [0.25, 0.3) is 0 Å². The number of rotatable bonds is 3. The average Bonchev–Trinajstić information content (AvgIpc) is 2.19. The van der Waals surface area contributed by atoms with E-state index in [4.69, 9.17) is 10.8 Å². The molecule has 0 aliphatic carbocycles. The maximum Gasteiger partial charge on any atom is 0.321 e. The van der Waals surface area contributed by atoms with E-state index in [1.807, 2.05) is 32.0 Å². The lowest BCUT2D eigenvalue weighted by Crippen LogP contribution is -2.35. The highest BCUT2D eigenvalue weighted by molar-refractivity contribution is 9.10. The minimum absolute atomic E-state index is 0.186. The fourth-order valence-electron chi connectivity index (χ4n) is 1.37. The lowest BCUT2D eigenvalue weighted by atomic mass is 9.93. The van der Waals surface area contributed by atoms with Crippen molar-refractivity contribution in [2.45, 2.75) is 25.8 Å². The van der Waals surface area contributed by atoms with Gasteiger partial charge in [-0.25, -0.2) is 0 Å². The van der Waals surface area contributed by atoms with Gasteiger partial charge in [-0.2, -0.15) is 0 Å².